The fraction of sp³-hybridized carbons (Fsp3) is 0.625. The van der Waals surface area contributed by atoms with E-state index >= 15 is 0 Å². The van der Waals surface area contributed by atoms with Crippen molar-refractivity contribution in [1.29, 1.82) is 0 Å². The lowest BCUT2D eigenvalue weighted by molar-refractivity contribution is 0.193. The lowest BCUT2D eigenvalue weighted by Crippen LogP contribution is -2.17. The first-order chi connectivity index (χ1) is 5.25. The van der Waals surface area contributed by atoms with Gasteiger partial charge in [0, 0.05) is 12.4 Å². The van der Waals surface area contributed by atoms with Crippen molar-refractivity contribution in [3.63, 3.8) is 0 Å². The number of aliphatic hydroxyl groups is 1. The highest BCUT2D eigenvalue weighted by Gasteiger charge is 2.12. The van der Waals surface area contributed by atoms with Crippen LogP contribution < -0.4 is 0 Å². The van der Waals surface area contributed by atoms with Crippen LogP contribution in [0.25, 0.3) is 0 Å². The van der Waals surface area contributed by atoms with Crippen molar-refractivity contribution in [2.24, 2.45) is 5.92 Å². The van der Waals surface area contributed by atoms with E-state index in [0.717, 1.165) is 0 Å². The Morgan fingerprint density at radius 2 is 2.27 bits per heavy atom. The van der Waals surface area contributed by atoms with Crippen molar-refractivity contribution >= 4 is 0 Å². The van der Waals surface area contributed by atoms with Gasteiger partial charge in [-0.05, 0) is 5.92 Å². The summed E-state index contributed by atoms with van der Waals surface area (Å²) in [6, 6.07) is 0.164. The molecule has 0 saturated carbocycles. The molecule has 0 spiro atoms. The zero-order valence-electron chi connectivity index (χ0n) is 6.94. The minimum atomic E-state index is 0.164. The topological polar surface area (TPSA) is 38.0 Å². The number of imidazole rings is 1. The van der Waals surface area contributed by atoms with Gasteiger partial charge in [0.25, 0.3) is 0 Å². The van der Waals surface area contributed by atoms with Gasteiger partial charge in [0.2, 0.25) is 0 Å². The van der Waals surface area contributed by atoms with E-state index in [4.69, 9.17) is 5.11 Å². The molecule has 0 radical (unpaired) electrons. The fourth-order valence-electron chi connectivity index (χ4n) is 1.11. The molecule has 0 aromatic carbocycles. The Bertz CT molecular complexity index is 194. The van der Waals surface area contributed by atoms with Crippen molar-refractivity contribution in [1.82, 2.24) is 9.55 Å². The second kappa shape index (κ2) is 3.53. The molecule has 0 aliphatic rings. The lowest BCUT2D eigenvalue weighted by Gasteiger charge is -2.19. The molecular formula is C8H14N2O. The van der Waals surface area contributed by atoms with E-state index in [1.54, 1.807) is 12.5 Å². The van der Waals surface area contributed by atoms with E-state index in [1.165, 1.54) is 0 Å². The summed E-state index contributed by atoms with van der Waals surface area (Å²) in [6.45, 7) is 4.34. The molecule has 1 aromatic rings. The molecule has 0 bridgehead atoms. The molecule has 1 heterocycles. The van der Waals surface area contributed by atoms with E-state index in [-0.39, 0.29) is 12.6 Å². The lowest BCUT2D eigenvalue weighted by atomic mass is 10.1. The van der Waals surface area contributed by atoms with Crippen LogP contribution in [0.1, 0.15) is 19.9 Å². The predicted molar refractivity (Wildman–Crippen MR) is 43.2 cm³/mol. The smallest absolute Gasteiger partial charge is 0.0949 e. The van der Waals surface area contributed by atoms with E-state index in [2.05, 4.69) is 18.8 Å². The third-order valence-electron chi connectivity index (χ3n) is 1.86. The molecule has 1 rings (SSSR count). The molecule has 0 aliphatic heterocycles. The molecule has 3 nitrogen and oxygen atoms in total. The maximum atomic E-state index is 9.02. The standard InChI is InChI=1S/C8H14N2O/c1-7(2)8(5-11)10-4-3-9-6-10/h3-4,6-8,11H,5H2,1-2H3/t8-/m1/s1. The van der Waals surface area contributed by atoms with Crippen molar-refractivity contribution in [3.8, 4) is 0 Å². The van der Waals surface area contributed by atoms with Gasteiger partial charge in [0.1, 0.15) is 0 Å². The SMILES string of the molecule is CC(C)[C@@H](CO)n1ccnc1. The second-order valence-corrected chi connectivity index (χ2v) is 3.00. The van der Waals surface area contributed by atoms with E-state index in [1.807, 2.05) is 10.8 Å². The van der Waals surface area contributed by atoms with Crippen LogP contribution >= 0.6 is 0 Å². The number of aromatic nitrogens is 2. The van der Waals surface area contributed by atoms with E-state index < -0.39 is 0 Å². The van der Waals surface area contributed by atoms with Crippen LogP contribution in [0.5, 0.6) is 0 Å². The number of aliphatic hydroxyl groups excluding tert-OH is 1. The fourth-order valence-corrected chi connectivity index (χ4v) is 1.11. The van der Waals surface area contributed by atoms with Gasteiger partial charge < -0.3 is 9.67 Å². The zero-order chi connectivity index (χ0) is 8.27. The van der Waals surface area contributed by atoms with Crippen LogP contribution in [0.2, 0.25) is 0 Å². The molecule has 62 valence electrons. The summed E-state index contributed by atoms with van der Waals surface area (Å²) in [5.41, 5.74) is 0. The predicted octanol–water partition coefficient (Wildman–Crippen LogP) is 1.07. The Labute approximate surface area is 66.7 Å². The van der Waals surface area contributed by atoms with E-state index in [0.29, 0.717) is 5.92 Å². The molecule has 0 amide bonds. The highest BCUT2D eigenvalue weighted by Crippen LogP contribution is 2.15. The van der Waals surface area contributed by atoms with Crippen LogP contribution in [0.3, 0.4) is 0 Å². The average Bonchev–Trinajstić information content (AvgIpc) is 2.40. The number of rotatable bonds is 3. The van der Waals surface area contributed by atoms with Gasteiger partial charge in [-0.1, -0.05) is 13.8 Å². The molecule has 3 heteroatoms. The maximum Gasteiger partial charge on any atom is 0.0949 e. The zero-order valence-corrected chi connectivity index (χ0v) is 6.94. The molecule has 0 unspecified atom stereocenters. The highest BCUT2D eigenvalue weighted by atomic mass is 16.3. The Hall–Kier alpha value is -0.830. The van der Waals surface area contributed by atoms with Gasteiger partial charge in [-0.2, -0.15) is 0 Å². The number of hydrogen-bond acceptors (Lipinski definition) is 2. The quantitative estimate of drug-likeness (QED) is 0.707. The number of nitrogens with zero attached hydrogens (tertiary/aromatic N) is 2. The summed E-state index contributed by atoms with van der Waals surface area (Å²) in [5.74, 6) is 0.439. The Morgan fingerprint density at radius 3 is 2.64 bits per heavy atom. The minimum absolute atomic E-state index is 0.164. The van der Waals surface area contributed by atoms with Crippen LogP contribution in [0.15, 0.2) is 18.7 Å². The van der Waals surface area contributed by atoms with Crippen molar-refractivity contribution < 1.29 is 5.11 Å². The average molecular weight is 154 g/mol. The molecule has 1 atom stereocenters. The maximum absolute atomic E-state index is 9.02. The molecule has 0 aliphatic carbocycles. The number of hydrogen-bond donors (Lipinski definition) is 1. The van der Waals surface area contributed by atoms with Gasteiger partial charge in [0.05, 0.1) is 19.0 Å². The first-order valence-electron chi connectivity index (χ1n) is 3.84. The normalized spacial score (nSPS) is 13.8. The first kappa shape index (κ1) is 8.27. The Morgan fingerprint density at radius 1 is 1.55 bits per heavy atom. The molecule has 1 aromatic heterocycles. The molecular weight excluding hydrogens is 140 g/mol. The summed E-state index contributed by atoms with van der Waals surface area (Å²) in [4.78, 5) is 3.93. The summed E-state index contributed by atoms with van der Waals surface area (Å²) >= 11 is 0. The van der Waals surface area contributed by atoms with Crippen LogP contribution in [-0.4, -0.2) is 21.3 Å². The third-order valence-corrected chi connectivity index (χ3v) is 1.86. The minimum Gasteiger partial charge on any atom is -0.394 e. The molecule has 0 saturated heterocycles. The summed E-state index contributed by atoms with van der Waals surface area (Å²) in [5, 5.41) is 9.02. The van der Waals surface area contributed by atoms with Gasteiger partial charge in [0.15, 0.2) is 0 Å². The third kappa shape index (κ3) is 1.80. The molecule has 0 fully saturated rings. The summed E-state index contributed by atoms with van der Waals surface area (Å²) in [7, 11) is 0. The summed E-state index contributed by atoms with van der Waals surface area (Å²) in [6.07, 6.45) is 5.34. The van der Waals surface area contributed by atoms with Crippen LogP contribution in [0, 0.1) is 5.92 Å². The van der Waals surface area contributed by atoms with Gasteiger partial charge in [-0.25, -0.2) is 4.98 Å². The largest absolute Gasteiger partial charge is 0.394 e. The second-order valence-electron chi connectivity index (χ2n) is 3.00. The molecule has 1 N–H and O–H groups in total. The van der Waals surface area contributed by atoms with Crippen LogP contribution in [-0.2, 0) is 0 Å². The van der Waals surface area contributed by atoms with Crippen molar-refractivity contribution in [2.45, 2.75) is 19.9 Å². The Balaban J connectivity index is 2.71. The van der Waals surface area contributed by atoms with Crippen molar-refractivity contribution in [2.75, 3.05) is 6.61 Å². The molecule has 11 heavy (non-hydrogen) atoms. The van der Waals surface area contributed by atoms with Gasteiger partial charge in [-0.3, -0.25) is 0 Å². The summed E-state index contributed by atoms with van der Waals surface area (Å²) < 4.78 is 1.94. The monoisotopic (exact) mass is 154 g/mol. The van der Waals surface area contributed by atoms with Gasteiger partial charge >= 0.3 is 0 Å². The van der Waals surface area contributed by atoms with E-state index in [9.17, 15) is 0 Å². The Kier molecular flexibility index (Phi) is 2.65. The van der Waals surface area contributed by atoms with Gasteiger partial charge in [-0.15, -0.1) is 0 Å². The van der Waals surface area contributed by atoms with Crippen molar-refractivity contribution in [3.05, 3.63) is 18.7 Å². The highest BCUT2D eigenvalue weighted by molar-refractivity contribution is 4.81. The van der Waals surface area contributed by atoms with Crippen LogP contribution in [0.4, 0.5) is 0 Å². The first-order valence-corrected chi connectivity index (χ1v) is 3.84.